The summed E-state index contributed by atoms with van der Waals surface area (Å²) in [4.78, 5) is 3.85. The second-order valence-electron chi connectivity index (χ2n) is 4.48. The van der Waals surface area contributed by atoms with Gasteiger partial charge < -0.3 is 0 Å². The average Bonchev–Trinajstić information content (AvgIpc) is 2.45. The molecule has 0 N–H and O–H groups in total. The summed E-state index contributed by atoms with van der Waals surface area (Å²) in [6, 6.07) is 5.21. The van der Waals surface area contributed by atoms with E-state index in [0.717, 1.165) is 11.1 Å². The molecule has 2 aromatic rings. The van der Waals surface area contributed by atoms with Gasteiger partial charge in [-0.05, 0) is 25.0 Å². The van der Waals surface area contributed by atoms with E-state index in [1.54, 1.807) is 32.0 Å². The first-order chi connectivity index (χ1) is 9.84. The number of halogens is 5. The number of benzene rings is 2. The van der Waals surface area contributed by atoms with Crippen LogP contribution in [0.2, 0.25) is 0 Å². The summed E-state index contributed by atoms with van der Waals surface area (Å²) in [5.74, 6) is -9.97. The Labute approximate surface area is 117 Å². The zero-order valence-electron chi connectivity index (χ0n) is 11.1. The molecular formula is C15H10F5N. The Morgan fingerprint density at radius 2 is 1.19 bits per heavy atom. The van der Waals surface area contributed by atoms with Crippen LogP contribution in [-0.2, 0) is 0 Å². The maximum absolute atomic E-state index is 13.5. The number of aliphatic imine (C=N–C) groups is 1. The van der Waals surface area contributed by atoms with Gasteiger partial charge in [-0.2, -0.15) is 0 Å². The number of nitrogens with zero attached hydrogens (tertiary/aromatic N) is 1. The molecule has 0 radical (unpaired) electrons. The number of para-hydroxylation sites is 1. The lowest BCUT2D eigenvalue weighted by Crippen LogP contribution is -2.06. The molecule has 0 aliphatic carbocycles. The Hall–Kier alpha value is -2.24. The van der Waals surface area contributed by atoms with Gasteiger partial charge in [-0.3, -0.25) is 4.99 Å². The first kappa shape index (κ1) is 15.2. The van der Waals surface area contributed by atoms with E-state index in [0.29, 0.717) is 11.9 Å². The lowest BCUT2D eigenvalue weighted by molar-refractivity contribution is 0.377. The van der Waals surface area contributed by atoms with Crippen molar-refractivity contribution in [3.05, 3.63) is 64.0 Å². The molecule has 0 aliphatic rings. The Balaban J connectivity index is 2.57. The van der Waals surface area contributed by atoms with Crippen LogP contribution in [0.25, 0.3) is 0 Å². The van der Waals surface area contributed by atoms with Crippen molar-refractivity contribution in [2.24, 2.45) is 4.99 Å². The van der Waals surface area contributed by atoms with Gasteiger partial charge >= 0.3 is 0 Å². The Kier molecular flexibility index (Phi) is 4.06. The highest BCUT2D eigenvalue weighted by atomic mass is 19.2. The molecule has 0 saturated heterocycles. The summed E-state index contributed by atoms with van der Waals surface area (Å²) in [5.41, 5.74) is 0.792. The van der Waals surface area contributed by atoms with Crippen molar-refractivity contribution in [1.29, 1.82) is 0 Å². The smallest absolute Gasteiger partial charge is 0.200 e. The largest absolute Gasteiger partial charge is 0.255 e. The van der Waals surface area contributed by atoms with Gasteiger partial charge in [0.05, 0.1) is 11.3 Å². The maximum Gasteiger partial charge on any atom is 0.200 e. The molecule has 2 aromatic carbocycles. The molecule has 110 valence electrons. The van der Waals surface area contributed by atoms with Gasteiger partial charge in [0, 0.05) is 6.21 Å². The first-order valence-electron chi connectivity index (χ1n) is 5.96. The first-order valence-corrected chi connectivity index (χ1v) is 5.96. The summed E-state index contributed by atoms with van der Waals surface area (Å²) in [7, 11) is 0. The van der Waals surface area contributed by atoms with E-state index in [1.807, 2.05) is 0 Å². The van der Waals surface area contributed by atoms with Gasteiger partial charge in [-0.15, -0.1) is 0 Å². The monoisotopic (exact) mass is 299 g/mol. The highest BCUT2D eigenvalue weighted by Crippen LogP contribution is 2.25. The molecule has 0 saturated carbocycles. The molecule has 0 heterocycles. The fraction of sp³-hybridized carbons (Fsp3) is 0.133. The van der Waals surface area contributed by atoms with E-state index in [1.165, 1.54) is 0 Å². The molecule has 0 atom stereocenters. The van der Waals surface area contributed by atoms with Crippen molar-refractivity contribution in [3.63, 3.8) is 0 Å². The summed E-state index contributed by atoms with van der Waals surface area (Å²) >= 11 is 0. The molecule has 1 nitrogen and oxygen atoms in total. The second kappa shape index (κ2) is 5.63. The van der Waals surface area contributed by atoms with Crippen LogP contribution >= 0.6 is 0 Å². The third-order valence-corrected chi connectivity index (χ3v) is 3.01. The highest BCUT2D eigenvalue weighted by molar-refractivity contribution is 5.83. The maximum atomic E-state index is 13.5. The van der Waals surface area contributed by atoms with E-state index < -0.39 is 34.6 Å². The Morgan fingerprint density at radius 1 is 0.762 bits per heavy atom. The van der Waals surface area contributed by atoms with Gasteiger partial charge in [-0.1, -0.05) is 18.2 Å². The zero-order valence-corrected chi connectivity index (χ0v) is 11.1. The van der Waals surface area contributed by atoms with Crippen molar-refractivity contribution in [1.82, 2.24) is 0 Å². The van der Waals surface area contributed by atoms with Gasteiger partial charge in [0.2, 0.25) is 5.82 Å². The number of aryl methyl sites for hydroxylation is 2. The Bertz CT molecular complexity index is 688. The van der Waals surface area contributed by atoms with E-state index in [2.05, 4.69) is 4.99 Å². The summed E-state index contributed by atoms with van der Waals surface area (Å²) in [5, 5.41) is 0. The minimum absolute atomic E-state index is 0.418. The van der Waals surface area contributed by atoms with E-state index in [4.69, 9.17) is 0 Å². The normalized spacial score (nSPS) is 11.4. The van der Waals surface area contributed by atoms with Crippen LogP contribution in [0.4, 0.5) is 27.6 Å². The van der Waals surface area contributed by atoms with Crippen LogP contribution in [-0.4, -0.2) is 6.21 Å². The van der Waals surface area contributed by atoms with Crippen LogP contribution in [0, 0.1) is 42.9 Å². The molecule has 0 fully saturated rings. The molecule has 6 heteroatoms. The fourth-order valence-electron chi connectivity index (χ4n) is 1.87. The van der Waals surface area contributed by atoms with Gasteiger partial charge in [-0.25, -0.2) is 22.0 Å². The van der Waals surface area contributed by atoms with Crippen LogP contribution in [0.15, 0.2) is 23.2 Å². The van der Waals surface area contributed by atoms with E-state index in [9.17, 15) is 22.0 Å². The topological polar surface area (TPSA) is 12.4 Å². The zero-order chi connectivity index (χ0) is 15.7. The fourth-order valence-corrected chi connectivity index (χ4v) is 1.87. The third-order valence-electron chi connectivity index (χ3n) is 3.01. The predicted octanol–water partition coefficient (Wildman–Crippen LogP) is 4.75. The minimum atomic E-state index is -2.19. The van der Waals surface area contributed by atoms with Gasteiger partial charge in [0.25, 0.3) is 0 Å². The molecule has 0 unspecified atom stereocenters. The quantitative estimate of drug-likeness (QED) is 0.328. The van der Waals surface area contributed by atoms with Crippen molar-refractivity contribution in [2.45, 2.75) is 13.8 Å². The minimum Gasteiger partial charge on any atom is -0.255 e. The SMILES string of the molecule is Cc1cccc(C)c1N=Cc1c(F)c(F)c(F)c(F)c1F. The lowest BCUT2D eigenvalue weighted by Gasteiger charge is -2.06. The van der Waals surface area contributed by atoms with E-state index >= 15 is 0 Å². The predicted molar refractivity (Wildman–Crippen MR) is 69.4 cm³/mol. The van der Waals surface area contributed by atoms with Crippen LogP contribution < -0.4 is 0 Å². The third kappa shape index (κ3) is 2.66. The summed E-state index contributed by atoms with van der Waals surface area (Å²) in [6.07, 6.45) is 0.644. The van der Waals surface area contributed by atoms with E-state index in [-0.39, 0.29) is 0 Å². The molecule has 0 bridgehead atoms. The standard InChI is InChI=1S/C15H10F5N/c1-7-4-3-5-8(2)15(7)21-6-9-10(16)12(18)14(20)13(19)11(9)17/h3-6H,1-2H3. The van der Waals surface area contributed by atoms with Crippen LogP contribution in [0.3, 0.4) is 0 Å². The average molecular weight is 299 g/mol. The van der Waals surface area contributed by atoms with Gasteiger partial charge in [0.15, 0.2) is 23.3 Å². The molecule has 0 amide bonds. The molecule has 0 aromatic heterocycles. The van der Waals surface area contributed by atoms with Crippen LogP contribution in [0.1, 0.15) is 16.7 Å². The molecule has 0 aliphatic heterocycles. The Morgan fingerprint density at radius 3 is 1.67 bits per heavy atom. The molecular weight excluding hydrogens is 289 g/mol. The second-order valence-corrected chi connectivity index (χ2v) is 4.48. The highest BCUT2D eigenvalue weighted by Gasteiger charge is 2.24. The van der Waals surface area contributed by atoms with Crippen molar-refractivity contribution in [2.75, 3.05) is 0 Å². The van der Waals surface area contributed by atoms with Gasteiger partial charge in [0.1, 0.15) is 0 Å². The number of hydrogen-bond donors (Lipinski definition) is 0. The van der Waals surface area contributed by atoms with Crippen molar-refractivity contribution >= 4 is 11.9 Å². The number of rotatable bonds is 2. The van der Waals surface area contributed by atoms with Crippen molar-refractivity contribution < 1.29 is 22.0 Å². The summed E-state index contributed by atoms with van der Waals surface area (Å²) < 4.78 is 66.0. The molecule has 2 rings (SSSR count). The summed E-state index contributed by atoms with van der Waals surface area (Å²) in [6.45, 7) is 3.44. The lowest BCUT2D eigenvalue weighted by atomic mass is 10.1. The van der Waals surface area contributed by atoms with Crippen molar-refractivity contribution in [3.8, 4) is 0 Å². The molecule has 21 heavy (non-hydrogen) atoms. The van der Waals surface area contributed by atoms with Crippen LogP contribution in [0.5, 0.6) is 0 Å². The number of hydrogen-bond acceptors (Lipinski definition) is 1. The molecule has 0 spiro atoms.